The fourth-order valence-electron chi connectivity index (χ4n) is 3.61. The second-order valence-corrected chi connectivity index (χ2v) is 6.64. The first-order chi connectivity index (χ1) is 11.2. The fraction of sp³-hybridized carbons (Fsp3) is 0.500. The fourth-order valence-corrected chi connectivity index (χ4v) is 3.61. The Bertz CT molecular complexity index is 647. The predicted molar refractivity (Wildman–Crippen MR) is 85.8 cm³/mol. The van der Waals surface area contributed by atoms with Crippen molar-refractivity contribution in [2.24, 2.45) is 0 Å². The molecule has 1 atom stereocenters. The molecule has 23 heavy (non-hydrogen) atoms. The van der Waals surface area contributed by atoms with Crippen LogP contribution in [0.1, 0.15) is 25.0 Å². The van der Waals surface area contributed by atoms with Crippen LogP contribution in [0.3, 0.4) is 0 Å². The summed E-state index contributed by atoms with van der Waals surface area (Å²) in [6, 6.07) is 9.96. The molecule has 0 aliphatic carbocycles. The van der Waals surface area contributed by atoms with E-state index < -0.39 is 0 Å². The van der Waals surface area contributed by atoms with Gasteiger partial charge in [0.2, 0.25) is 5.89 Å². The molecule has 0 radical (unpaired) electrons. The second kappa shape index (κ2) is 6.07. The second-order valence-electron chi connectivity index (χ2n) is 6.64. The number of aliphatic hydroxyl groups is 1. The van der Waals surface area contributed by atoms with Crippen LogP contribution < -0.4 is 0 Å². The Morgan fingerprint density at radius 1 is 1.22 bits per heavy atom. The van der Waals surface area contributed by atoms with Crippen LogP contribution in [0.2, 0.25) is 0 Å². The number of hydrogen-bond acceptors (Lipinski definition) is 5. The van der Waals surface area contributed by atoms with Gasteiger partial charge < -0.3 is 14.3 Å². The van der Waals surface area contributed by atoms with Gasteiger partial charge in [0.25, 0.3) is 0 Å². The molecule has 2 saturated heterocycles. The molecule has 1 unspecified atom stereocenters. The SMILES string of the molecule is OC1COC2(CCN(Cc3coc(-c4ccccc4)n3)CC2)C1. The summed E-state index contributed by atoms with van der Waals surface area (Å²) >= 11 is 0. The number of ether oxygens (including phenoxy) is 1. The average molecular weight is 314 g/mol. The smallest absolute Gasteiger partial charge is 0.226 e. The van der Waals surface area contributed by atoms with E-state index in [4.69, 9.17) is 9.15 Å². The van der Waals surface area contributed by atoms with Crippen LogP contribution in [0, 0.1) is 0 Å². The molecule has 0 saturated carbocycles. The van der Waals surface area contributed by atoms with Crippen LogP contribution in [-0.4, -0.2) is 46.4 Å². The van der Waals surface area contributed by atoms with Crippen LogP contribution >= 0.6 is 0 Å². The van der Waals surface area contributed by atoms with E-state index in [-0.39, 0.29) is 11.7 Å². The maximum Gasteiger partial charge on any atom is 0.226 e. The van der Waals surface area contributed by atoms with E-state index in [0.29, 0.717) is 12.5 Å². The molecular weight excluding hydrogens is 292 g/mol. The Labute approximate surface area is 135 Å². The highest BCUT2D eigenvalue weighted by molar-refractivity contribution is 5.52. The third kappa shape index (κ3) is 3.17. The van der Waals surface area contributed by atoms with Gasteiger partial charge in [-0.1, -0.05) is 18.2 Å². The number of nitrogens with zero attached hydrogens (tertiary/aromatic N) is 2. The lowest BCUT2D eigenvalue weighted by Crippen LogP contribution is -2.43. The summed E-state index contributed by atoms with van der Waals surface area (Å²) in [7, 11) is 0. The lowest BCUT2D eigenvalue weighted by Gasteiger charge is -2.38. The van der Waals surface area contributed by atoms with Gasteiger partial charge in [0.05, 0.1) is 24.0 Å². The molecule has 5 nitrogen and oxygen atoms in total. The van der Waals surface area contributed by atoms with Crippen LogP contribution in [0.15, 0.2) is 41.0 Å². The molecule has 1 aromatic heterocycles. The Kier molecular flexibility index (Phi) is 3.93. The normalized spacial score (nSPS) is 24.3. The number of aromatic nitrogens is 1. The van der Waals surface area contributed by atoms with E-state index in [2.05, 4.69) is 9.88 Å². The summed E-state index contributed by atoms with van der Waals surface area (Å²) < 4.78 is 11.4. The van der Waals surface area contributed by atoms with Crippen molar-refractivity contribution in [2.45, 2.75) is 37.5 Å². The third-order valence-corrected chi connectivity index (χ3v) is 4.91. The van der Waals surface area contributed by atoms with Gasteiger partial charge in [-0.05, 0) is 25.0 Å². The first kappa shape index (κ1) is 14.9. The largest absolute Gasteiger partial charge is 0.444 e. The van der Waals surface area contributed by atoms with Gasteiger partial charge in [-0.25, -0.2) is 4.98 Å². The molecule has 122 valence electrons. The van der Waals surface area contributed by atoms with Gasteiger partial charge in [0.15, 0.2) is 0 Å². The molecule has 3 heterocycles. The Morgan fingerprint density at radius 2 is 2.00 bits per heavy atom. The molecule has 2 aromatic rings. The van der Waals surface area contributed by atoms with Crippen molar-refractivity contribution in [3.63, 3.8) is 0 Å². The first-order valence-electron chi connectivity index (χ1n) is 8.27. The van der Waals surface area contributed by atoms with E-state index in [1.807, 2.05) is 30.3 Å². The van der Waals surface area contributed by atoms with E-state index in [9.17, 15) is 5.11 Å². The maximum atomic E-state index is 9.70. The molecular formula is C18H22N2O3. The summed E-state index contributed by atoms with van der Waals surface area (Å²) in [5, 5.41) is 9.70. The zero-order chi connectivity index (χ0) is 15.7. The quantitative estimate of drug-likeness (QED) is 0.943. The number of piperidine rings is 1. The molecule has 2 aliphatic rings. The summed E-state index contributed by atoms with van der Waals surface area (Å²) in [5.74, 6) is 0.677. The number of benzene rings is 1. The van der Waals surface area contributed by atoms with Gasteiger partial charge in [0.1, 0.15) is 6.26 Å². The molecule has 2 aliphatic heterocycles. The van der Waals surface area contributed by atoms with Gasteiger partial charge >= 0.3 is 0 Å². The number of likely N-dealkylation sites (tertiary alicyclic amines) is 1. The van der Waals surface area contributed by atoms with Crippen LogP contribution in [-0.2, 0) is 11.3 Å². The van der Waals surface area contributed by atoms with E-state index >= 15 is 0 Å². The molecule has 4 rings (SSSR count). The topological polar surface area (TPSA) is 58.7 Å². The minimum absolute atomic E-state index is 0.0884. The lowest BCUT2D eigenvalue weighted by molar-refractivity contribution is -0.0458. The van der Waals surface area contributed by atoms with Crippen molar-refractivity contribution in [1.29, 1.82) is 0 Å². The van der Waals surface area contributed by atoms with Gasteiger partial charge in [-0.15, -0.1) is 0 Å². The Balaban J connectivity index is 1.36. The van der Waals surface area contributed by atoms with Crippen molar-refractivity contribution < 1.29 is 14.3 Å². The van der Waals surface area contributed by atoms with Gasteiger partial charge in [-0.3, -0.25) is 4.90 Å². The van der Waals surface area contributed by atoms with E-state index in [0.717, 1.165) is 50.2 Å². The van der Waals surface area contributed by atoms with Gasteiger partial charge in [-0.2, -0.15) is 0 Å². The first-order valence-corrected chi connectivity index (χ1v) is 8.27. The average Bonchev–Trinajstić information content (AvgIpc) is 3.18. The minimum atomic E-state index is -0.287. The number of aliphatic hydroxyl groups excluding tert-OH is 1. The zero-order valence-electron chi connectivity index (χ0n) is 13.1. The number of hydrogen-bond donors (Lipinski definition) is 1. The van der Waals surface area contributed by atoms with Crippen LogP contribution in [0.25, 0.3) is 11.5 Å². The molecule has 1 spiro atoms. The lowest BCUT2D eigenvalue weighted by atomic mass is 9.88. The highest BCUT2D eigenvalue weighted by atomic mass is 16.5. The Hall–Kier alpha value is -1.69. The number of rotatable bonds is 3. The predicted octanol–water partition coefficient (Wildman–Crippen LogP) is 2.46. The maximum absolute atomic E-state index is 9.70. The highest BCUT2D eigenvalue weighted by Crippen LogP contribution is 2.36. The van der Waals surface area contributed by atoms with Crippen LogP contribution in [0.4, 0.5) is 0 Å². The Morgan fingerprint density at radius 3 is 2.70 bits per heavy atom. The number of oxazole rings is 1. The monoisotopic (exact) mass is 314 g/mol. The van der Waals surface area contributed by atoms with Crippen molar-refractivity contribution in [1.82, 2.24) is 9.88 Å². The molecule has 0 amide bonds. The van der Waals surface area contributed by atoms with Crippen LogP contribution in [0.5, 0.6) is 0 Å². The van der Waals surface area contributed by atoms with Gasteiger partial charge in [0, 0.05) is 31.6 Å². The van der Waals surface area contributed by atoms with Crippen molar-refractivity contribution in [3.8, 4) is 11.5 Å². The molecule has 1 aromatic carbocycles. The van der Waals surface area contributed by atoms with Crippen molar-refractivity contribution in [3.05, 3.63) is 42.3 Å². The van der Waals surface area contributed by atoms with Crippen molar-refractivity contribution in [2.75, 3.05) is 19.7 Å². The summed E-state index contributed by atoms with van der Waals surface area (Å²) in [6.45, 7) is 3.24. The molecule has 5 heteroatoms. The summed E-state index contributed by atoms with van der Waals surface area (Å²) in [4.78, 5) is 6.98. The zero-order valence-corrected chi connectivity index (χ0v) is 13.1. The molecule has 1 N–H and O–H groups in total. The van der Waals surface area contributed by atoms with E-state index in [1.165, 1.54) is 0 Å². The molecule has 0 bridgehead atoms. The third-order valence-electron chi connectivity index (χ3n) is 4.91. The summed E-state index contributed by atoms with van der Waals surface area (Å²) in [5.41, 5.74) is 1.88. The van der Waals surface area contributed by atoms with E-state index in [1.54, 1.807) is 6.26 Å². The molecule has 2 fully saturated rings. The van der Waals surface area contributed by atoms with Crippen molar-refractivity contribution >= 4 is 0 Å². The highest BCUT2D eigenvalue weighted by Gasteiger charge is 2.42. The minimum Gasteiger partial charge on any atom is -0.444 e. The standard InChI is InChI=1S/C18H22N2O3/c21-16-10-18(23-13-16)6-8-20(9-7-18)11-15-12-22-17(19-15)14-4-2-1-3-5-14/h1-5,12,16,21H,6-11,13H2. The summed E-state index contributed by atoms with van der Waals surface area (Å²) in [6.07, 6.45) is 4.21.